The molecule has 0 spiro atoms. The second-order valence-electron chi connectivity index (χ2n) is 3.64. The SMILES string of the molecule is ClCc1cccc(CNc2ncccc2Cl)c1. The van der Waals surface area contributed by atoms with Crippen LogP contribution in [0.3, 0.4) is 0 Å². The van der Waals surface area contributed by atoms with Gasteiger partial charge in [-0.15, -0.1) is 11.6 Å². The Kier molecular flexibility index (Phi) is 4.24. The van der Waals surface area contributed by atoms with Gasteiger partial charge < -0.3 is 5.32 Å². The Labute approximate surface area is 111 Å². The van der Waals surface area contributed by atoms with Crippen molar-refractivity contribution in [3.05, 3.63) is 58.7 Å². The predicted octanol–water partition coefficient (Wildman–Crippen LogP) is 4.09. The topological polar surface area (TPSA) is 24.9 Å². The number of halogens is 2. The highest BCUT2D eigenvalue weighted by Crippen LogP contribution is 2.18. The predicted molar refractivity (Wildman–Crippen MR) is 72.6 cm³/mol. The number of hydrogen-bond donors (Lipinski definition) is 1. The number of pyridine rings is 1. The standard InChI is InChI=1S/C13H12Cl2N2/c14-8-10-3-1-4-11(7-10)9-17-13-12(15)5-2-6-16-13/h1-7H,8-9H2,(H,16,17). The van der Waals surface area contributed by atoms with Crippen LogP contribution >= 0.6 is 23.2 Å². The zero-order chi connectivity index (χ0) is 12.1. The minimum absolute atomic E-state index is 0.526. The van der Waals surface area contributed by atoms with Crippen molar-refractivity contribution in [2.24, 2.45) is 0 Å². The Morgan fingerprint density at radius 2 is 1.94 bits per heavy atom. The summed E-state index contributed by atoms with van der Waals surface area (Å²) in [5.41, 5.74) is 2.27. The number of alkyl halides is 1. The van der Waals surface area contributed by atoms with Gasteiger partial charge in [-0.05, 0) is 23.3 Å². The van der Waals surface area contributed by atoms with Crippen LogP contribution in [0, 0.1) is 0 Å². The highest BCUT2D eigenvalue weighted by atomic mass is 35.5. The lowest BCUT2D eigenvalue weighted by molar-refractivity contribution is 1.10. The van der Waals surface area contributed by atoms with Crippen LogP contribution in [-0.2, 0) is 12.4 Å². The van der Waals surface area contributed by atoms with Gasteiger partial charge in [0, 0.05) is 18.6 Å². The Morgan fingerprint density at radius 3 is 2.71 bits per heavy atom. The van der Waals surface area contributed by atoms with Gasteiger partial charge in [0.15, 0.2) is 0 Å². The fourth-order valence-corrected chi connectivity index (χ4v) is 1.88. The first-order valence-electron chi connectivity index (χ1n) is 5.28. The van der Waals surface area contributed by atoms with E-state index in [-0.39, 0.29) is 0 Å². The van der Waals surface area contributed by atoms with E-state index in [9.17, 15) is 0 Å². The lowest BCUT2D eigenvalue weighted by atomic mass is 10.1. The number of nitrogens with one attached hydrogen (secondary N) is 1. The molecule has 0 atom stereocenters. The van der Waals surface area contributed by atoms with Gasteiger partial charge in [-0.1, -0.05) is 35.9 Å². The highest BCUT2D eigenvalue weighted by Gasteiger charge is 2.00. The monoisotopic (exact) mass is 266 g/mol. The lowest BCUT2D eigenvalue weighted by Crippen LogP contribution is -2.01. The molecule has 0 fully saturated rings. The third-order valence-electron chi connectivity index (χ3n) is 2.36. The van der Waals surface area contributed by atoms with Gasteiger partial charge in [-0.3, -0.25) is 0 Å². The van der Waals surface area contributed by atoms with E-state index in [2.05, 4.69) is 16.4 Å². The molecule has 0 saturated carbocycles. The van der Waals surface area contributed by atoms with Crippen LogP contribution in [0.2, 0.25) is 5.02 Å². The molecule has 0 aliphatic carbocycles. The maximum Gasteiger partial charge on any atom is 0.145 e. The van der Waals surface area contributed by atoms with Crippen molar-refractivity contribution in [2.45, 2.75) is 12.4 Å². The Morgan fingerprint density at radius 1 is 1.12 bits per heavy atom. The molecule has 0 aliphatic rings. The number of aromatic nitrogens is 1. The fourth-order valence-electron chi connectivity index (χ4n) is 1.52. The third kappa shape index (κ3) is 3.35. The summed E-state index contributed by atoms with van der Waals surface area (Å²) in [6.45, 7) is 0.682. The molecular formula is C13H12Cl2N2. The van der Waals surface area contributed by atoms with Crippen molar-refractivity contribution in [3.8, 4) is 0 Å². The van der Waals surface area contributed by atoms with Crippen LogP contribution in [0.5, 0.6) is 0 Å². The summed E-state index contributed by atoms with van der Waals surface area (Å²) in [5, 5.41) is 3.82. The molecule has 4 heteroatoms. The van der Waals surface area contributed by atoms with Crippen LogP contribution in [0.25, 0.3) is 0 Å². The van der Waals surface area contributed by atoms with Crippen LogP contribution < -0.4 is 5.32 Å². The van der Waals surface area contributed by atoms with Gasteiger partial charge in [0.2, 0.25) is 0 Å². The molecule has 88 valence electrons. The van der Waals surface area contributed by atoms with Crippen LogP contribution in [-0.4, -0.2) is 4.98 Å². The summed E-state index contributed by atoms with van der Waals surface area (Å²) < 4.78 is 0. The first-order chi connectivity index (χ1) is 8.29. The Hall–Kier alpha value is -1.25. The number of rotatable bonds is 4. The molecule has 2 nitrogen and oxygen atoms in total. The molecule has 17 heavy (non-hydrogen) atoms. The van der Waals surface area contributed by atoms with Crippen molar-refractivity contribution < 1.29 is 0 Å². The average Bonchev–Trinajstić information content (AvgIpc) is 2.38. The molecule has 0 bridgehead atoms. The van der Waals surface area contributed by atoms with Crippen LogP contribution in [0.4, 0.5) is 5.82 Å². The van der Waals surface area contributed by atoms with E-state index >= 15 is 0 Å². The average molecular weight is 267 g/mol. The summed E-state index contributed by atoms with van der Waals surface area (Å²) in [7, 11) is 0. The molecule has 2 rings (SSSR count). The Bertz CT molecular complexity index is 500. The molecule has 1 aromatic carbocycles. The zero-order valence-electron chi connectivity index (χ0n) is 9.16. The largest absolute Gasteiger partial charge is 0.365 e. The van der Waals surface area contributed by atoms with E-state index in [1.165, 1.54) is 0 Å². The van der Waals surface area contributed by atoms with Crippen molar-refractivity contribution >= 4 is 29.0 Å². The molecule has 1 heterocycles. The molecule has 0 radical (unpaired) electrons. The van der Waals surface area contributed by atoms with Crippen molar-refractivity contribution in [1.29, 1.82) is 0 Å². The number of benzene rings is 1. The molecule has 1 N–H and O–H groups in total. The van der Waals surface area contributed by atoms with E-state index in [1.54, 1.807) is 6.20 Å². The first kappa shape index (κ1) is 12.2. The molecular weight excluding hydrogens is 255 g/mol. The Balaban J connectivity index is 2.05. The van der Waals surface area contributed by atoms with Crippen LogP contribution in [0.1, 0.15) is 11.1 Å². The fraction of sp³-hybridized carbons (Fsp3) is 0.154. The second kappa shape index (κ2) is 5.89. The summed E-state index contributed by atoms with van der Waals surface area (Å²) in [4.78, 5) is 4.17. The first-order valence-corrected chi connectivity index (χ1v) is 6.19. The van der Waals surface area contributed by atoms with Crippen molar-refractivity contribution in [1.82, 2.24) is 4.98 Å². The number of nitrogens with zero attached hydrogens (tertiary/aromatic N) is 1. The van der Waals surface area contributed by atoms with Gasteiger partial charge in [-0.25, -0.2) is 4.98 Å². The maximum atomic E-state index is 6.00. The number of anilines is 1. The van der Waals surface area contributed by atoms with Crippen molar-refractivity contribution in [2.75, 3.05) is 5.32 Å². The quantitative estimate of drug-likeness (QED) is 0.844. The van der Waals surface area contributed by atoms with Gasteiger partial charge >= 0.3 is 0 Å². The molecule has 0 aliphatic heterocycles. The van der Waals surface area contributed by atoms with Gasteiger partial charge in [0.25, 0.3) is 0 Å². The van der Waals surface area contributed by atoms with Gasteiger partial charge in [0.05, 0.1) is 5.02 Å². The summed E-state index contributed by atoms with van der Waals surface area (Å²) in [6, 6.07) is 11.7. The lowest BCUT2D eigenvalue weighted by Gasteiger charge is -2.07. The molecule has 0 unspecified atom stereocenters. The molecule has 0 amide bonds. The van der Waals surface area contributed by atoms with E-state index in [4.69, 9.17) is 23.2 Å². The minimum atomic E-state index is 0.526. The van der Waals surface area contributed by atoms with Crippen LogP contribution in [0.15, 0.2) is 42.6 Å². The van der Waals surface area contributed by atoms with Gasteiger partial charge in [-0.2, -0.15) is 0 Å². The smallest absolute Gasteiger partial charge is 0.145 e. The minimum Gasteiger partial charge on any atom is -0.365 e. The van der Waals surface area contributed by atoms with E-state index in [0.29, 0.717) is 23.3 Å². The normalized spacial score (nSPS) is 10.2. The van der Waals surface area contributed by atoms with Crippen molar-refractivity contribution in [3.63, 3.8) is 0 Å². The maximum absolute atomic E-state index is 6.00. The van der Waals surface area contributed by atoms with E-state index in [1.807, 2.05) is 30.3 Å². The van der Waals surface area contributed by atoms with Gasteiger partial charge in [0.1, 0.15) is 5.82 Å². The second-order valence-corrected chi connectivity index (χ2v) is 4.32. The van der Waals surface area contributed by atoms with E-state index < -0.39 is 0 Å². The highest BCUT2D eigenvalue weighted by molar-refractivity contribution is 6.32. The summed E-state index contributed by atoms with van der Waals surface area (Å²) in [5.74, 6) is 1.23. The third-order valence-corrected chi connectivity index (χ3v) is 2.98. The summed E-state index contributed by atoms with van der Waals surface area (Å²) in [6.07, 6.45) is 1.71. The zero-order valence-corrected chi connectivity index (χ0v) is 10.7. The summed E-state index contributed by atoms with van der Waals surface area (Å²) >= 11 is 11.8. The molecule has 1 aromatic heterocycles. The molecule has 0 saturated heterocycles. The number of hydrogen-bond acceptors (Lipinski definition) is 2. The molecule has 2 aromatic rings. The van der Waals surface area contributed by atoms with E-state index in [0.717, 1.165) is 11.1 Å².